The van der Waals surface area contributed by atoms with Gasteiger partial charge in [-0.05, 0) is 34.1 Å². The van der Waals surface area contributed by atoms with E-state index >= 15 is 0 Å². The number of hydrogen-bond donors (Lipinski definition) is 2. The summed E-state index contributed by atoms with van der Waals surface area (Å²) in [6.45, 7) is 12.3. The van der Waals surface area contributed by atoms with Crippen molar-refractivity contribution in [1.29, 1.82) is 0 Å². The molecule has 5 heteroatoms. The summed E-state index contributed by atoms with van der Waals surface area (Å²) >= 11 is 0. The van der Waals surface area contributed by atoms with Crippen LogP contribution in [0.4, 0.5) is 4.79 Å². The van der Waals surface area contributed by atoms with E-state index in [1.165, 1.54) is 4.90 Å². The molecule has 1 rings (SSSR count). The summed E-state index contributed by atoms with van der Waals surface area (Å²) in [5.74, 6) is 0. The highest BCUT2D eigenvalue weighted by Gasteiger charge is 2.46. The maximum Gasteiger partial charge on any atom is 0.318 e. The van der Waals surface area contributed by atoms with E-state index in [2.05, 4.69) is 11.9 Å². The molecule has 1 aliphatic heterocycles. The number of rotatable bonds is 5. The number of nitrogens with zero attached hydrogens (tertiary/aromatic N) is 1. The van der Waals surface area contributed by atoms with Gasteiger partial charge in [0.2, 0.25) is 0 Å². The van der Waals surface area contributed by atoms with Crippen molar-refractivity contribution in [3.63, 3.8) is 0 Å². The number of carbonyl (C=O) groups excluding carboxylic acids is 1. The number of nitrogens with one attached hydrogen (secondary N) is 1. The van der Waals surface area contributed by atoms with Crippen LogP contribution >= 0.6 is 0 Å². The molecule has 0 radical (unpaired) electrons. The minimum atomic E-state index is -0.391. The van der Waals surface area contributed by atoms with Gasteiger partial charge in [0, 0.05) is 13.1 Å². The Morgan fingerprint density at radius 2 is 2.16 bits per heavy atom. The number of aliphatic hydroxyl groups excluding tert-OH is 1. The van der Waals surface area contributed by atoms with Crippen molar-refractivity contribution in [2.75, 3.05) is 19.7 Å². The van der Waals surface area contributed by atoms with E-state index in [0.717, 1.165) is 6.42 Å². The highest BCUT2D eigenvalue weighted by atomic mass is 16.5. The smallest absolute Gasteiger partial charge is 0.318 e. The van der Waals surface area contributed by atoms with Gasteiger partial charge in [0.05, 0.1) is 23.9 Å². The number of amides is 2. The number of hydrogen-bond acceptors (Lipinski definition) is 3. The summed E-state index contributed by atoms with van der Waals surface area (Å²) in [5.41, 5.74) is -0.625. The first-order valence-electron chi connectivity index (χ1n) is 6.69. The summed E-state index contributed by atoms with van der Waals surface area (Å²) in [6.07, 6.45) is 2.42. The van der Waals surface area contributed by atoms with Crippen LogP contribution in [-0.2, 0) is 4.74 Å². The van der Waals surface area contributed by atoms with E-state index in [9.17, 15) is 4.79 Å². The zero-order chi connectivity index (χ0) is 14.7. The molecule has 110 valence electrons. The summed E-state index contributed by atoms with van der Waals surface area (Å²) in [5, 5.41) is 12.0. The van der Waals surface area contributed by atoms with Gasteiger partial charge in [0.25, 0.3) is 0 Å². The zero-order valence-corrected chi connectivity index (χ0v) is 12.4. The molecule has 1 fully saturated rings. The fourth-order valence-electron chi connectivity index (χ4n) is 2.58. The lowest BCUT2D eigenvalue weighted by Gasteiger charge is -2.30. The lowest BCUT2D eigenvalue weighted by molar-refractivity contribution is -0.0692. The van der Waals surface area contributed by atoms with Gasteiger partial charge in [-0.3, -0.25) is 0 Å². The molecule has 0 spiro atoms. The molecule has 1 unspecified atom stereocenters. The Hall–Kier alpha value is -1.07. The minimum Gasteiger partial charge on any atom is -0.395 e. The second-order valence-corrected chi connectivity index (χ2v) is 6.13. The maximum atomic E-state index is 12.2. The summed E-state index contributed by atoms with van der Waals surface area (Å²) in [6, 6.07) is -0.227. The standard InChI is InChI=1S/C14H26N2O3/c1-6-7-16(8-9-17)12(18)15-11-10-13(2,3)19-14(11,4)5/h6,11,17H,1,7-10H2,2-5H3,(H,15,18). The minimum absolute atomic E-state index is 0.0407. The molecule has 2 N–H and O–H groups in total. The van der Waals surface area contributed by atoms with E-state index in [0.29, 0.717) is 13.1 Å². The van der Waals surface area contributed by atoms with Crippen LogP contribution < -0.4 is 5.32 Å². The fraction of sp³-hybridized carbons (Fsp3) is 0.786. The fourth-order valence-corrected chi connectivity index (χ4v) is 2.58. The summed E-state index contributed by atoms with van der Waals surface area (Å²) in [4.78, 5) is 13.7. The maximum absolute atomic E-state index is 12.2. The Morgan fingerprint density at radius 1 is 1.53 bits per heavy atom. The molecule has 1 heterocycles. The average Bonchev–Trinajstić information content (AvgIpc) is 2.46. The largest absolute Gasteiger partial charge is 0.395 e. The van der Waals surface area contributed by atoms with Crippen LogP contribution in [0.5, 0.6) is 0 Å². The van der Waals surface area contributed by atoms with Crippen molar-refractivity contribution in [3.8, 4) is 0 Å². The molecule has 0 saturated carbocycles. The third-order valence-electron chi connectivity index (χ3n) is 3.38. The molecule has 0 bridgehead atoms. The molecule has 0 aromatic heterocycles. The van der Waals surface area contributed by atoms with E-state index in [1.54, 1.807) is 6.08 Å². The Morgan fingerprint density at radius 3 is 2.58 bits per heavy atom. The third-order valence-corrected chi connectivity index (χ3v) is 3.38. The van der Waals surface area contributed by atoms with Crippen molar-refractivity contribution in [2.45, 2.75) is 51.4 Å². The monoisotopic (exact) mass is 270 g/mol. The van der Waals surface area contributed by atoms with E-state index in [4.69, 9.17) is 9.84 Å². The highest BCUT2D eigenvalue weighted by molar-refractivity contribution is 5.75. The molecule has 0 aromatic rings. The molecule has 5 nitrogen and oxygen atoms in total. The molecular weight excluding hydrogens is 244 g/mol. The number of carbonyl (C=O) groups is 1. The topological polar surface area (TPSA) is 61.8 Å². The van der Waals surface area contributed by atoms with Crippen molar-refractivity contribution in [3.05, 3.63) is 12.7 Å². The van der Waals surface area contributed by atoms with Crippen LogP contribution in [0.2, 0.25) is 0 Å². The van der Waals surface area contributed by atoms with Gasteiger partial charge >= 0.3 is 6.03 Å². The first-order chi connectivity index (χ1) is 8.72. The predicted molar refractivity (Wildman–Crippen MR) is 75.0 cm³/mol. The van der Waals surface area contributed by atoms with E-state index in [1.807, 2.05) is 27.7 Å². The lowest BCUT2D eigenvalue weighted by Crippen LogP contribution is -2.51. The highest BCUT2D eigenvalue weighted by Crippen LogP contribution is 2.37. The molecular formula is C14H26N2O3. The quantitative estimate of drug-likeness (QED) is 0.745. The van der Waals surface area contributed by atoms with Gasteiger partial charge in [0.1, 0.15) is 0 Å². The number of urea groups is 1. The van der Waals surface area contributed by atoms with Crippen molar-refractivity contribution >= 4 is 6.03 Å². The van der Waals surface area contributed by atoms with Gasteiger partial charge in [-0.15, -0.1) is 6.58 Å². The van der Waals surface area contributed by atoms with Crippen LogP contribution in [0, 0.1) is 0 Å². The van der Waals surface area contributed by atoms with Crippen LogP contribution in [0.15, 0.2) is 12.7 Å². The number of ether oxygens (including phenoxy) is 1. The van der Waals surface area contributed by atoms with Gasteiger partial charge in [-0.25, -0.2) is 4.79 Å². The Balaban J connectivity index is 2.67. The molecule has 1 saturated heterocycles. The van der Waals surface area contributed by atoms with E-state index in [-0.39, 0.29) is 24.3 Å². The van der Waals surface area contributed by atoms with Crippen LogP contribution in [0.25, 0.3) is 0 Å². The van der Waals surface area contributed by atoms with Crippen molar-refractivity contribution < 1.29 is 14.6 Å². The summed E-state index contributed by atoms with van der Waals surface area (Å²) in [7, 11) is 0. The molecule has 0 aliphatic carbocycles. The van der Waals surface area contributed by atoms with Gasteiger partial charge in [-0.2, -0.15) is 0 Å². The molecule has 1 atom stereocenters. The molecule has 1 aliphatic rings. The SMILES string of the molecule is C=CCN(CCO)C(=O)NC1CC(C)(C)OC1(C)C. The zero-order valence-electron chi connectivity index (χ0n) is 12.4. The van der Waals surface area contributed by atoms with Crippen molar-refractivity contribution in [1.82, 2.24) is 10.2 Å². The van der Waals surface area contributed by atoms with Gasteiger partial charge < -0.3 is 20.1 Å². The van der Waals surface area contributed by atoms with E-state index < -0.39 is 5.60 Å². The van der Waals surface area contributed by atoms with Crippen LogP contribution in [0.3, 0.4) is 0 Å². The normalized spacial score (nSPS) is 23.9. The average molecular weight is 270 g/mol. The second kappa shape index (κ2) is 5.92. The Labute approximate surface area is 115 Å². The van der Waals surface area contributed by atoms with Crippen LogP contribution in [-0.4, -0.2) is 53.0 Å². The molecule has 2 amide bonds. The Kier molecular flexibility index (Phi) is 4.98. The number of aliphatic hydroxyl groups is 1. The molecule has 19 heavy (non-hydrogen) atoms. The third kappa shape index (κ3) is 4.21. The predicted octanol–water partition coefficient (Wildman–Crippen LogP) is 1.52. The first-order valence-corrected chi connectivity index (χ1v) is 6.69. The second-order valence-electron chi connectivity index (χ2n) is 6.13. The molecule has 0 aromatic carbocycles. The van der Waals surface area contributed by atoms with Crippen LogP contribution in [0.1, 0.15) is 34.1 Å². The van der Waals surface area contributed by atoms with Crippen molar-refractivity contribution in [2.24, 2.45) is 0 Å². The first kappa shape index (κ1) is 16.0. The summed E-state index contributed by atoms with van der Waals surface area (Å²) < 4.78 is 5.95. The van der Waals surface area contributed by atoms with Gasteiger partial charge in [-0.1, -0.05) is 6.08 Å². The lowest BCUT2D eigenvalue weighted by atomic mass is 9.94. The Bertz CT molecular complexity index is 340. The van der Waals surface area contributed by atoms with Gasteiger partial charge in [0.15, 0.2) is 0 Å².